The van der Waals surface area contributed by atoms with Crippen molar-refractivity contribution >= 4 is 11.6 Å². The van der Waals surface area contributed by atoms with Crippen LogP contribution in [-0.4, -0.2) is 12.6 Å². The van der Waals surface area contributed by atoms with Crippen molar-refractivity contribution < 1.29 is 26.3 Å². The maximum absolute atomic E-state index is 14.0. The van der Waals surface area contributed by atoms with Gasteiger partial charge in [0.15, 0.2) is 11.5 Å². The van der Waals surface area contributed by atoms with Crippen LogP contribution in [0.15, 0.2) is 36.4 Å². The quantitative estimate of drug-likeness (QED) is 0.630. The zero-order valence-corrected chi connectivity index (χ0v) is 20.0. The van der Waals surface area contributed by atoms with Crippen LogP contribution in [0.25, 0.3) is 0 Å². The molecule has 0 heterocycles. The summed E-state index contributed by atoms with van der Waals surface area (Å²) >= 11 is 6.59. The Hall–Kier alpha value is -1.49. The number of rotatable bonds is 8. The molecule has 0 aromatic heterocycles. The van der Waals surface area contributed by atoms with Crippen LogP contribution in [-0.2, 0) is 13.2 Å². The van der Waals surface area contributed by atoms with E-state index in [0.29, 0.717) is 34.7 Å². The second-order valence-electron chi connectivity index (χ2n) is 9.56. The van der Waals surface area contributed by atoms with Crippen molar-refractivity contribution in [2.45, 2.75) is 58.2 Å². The minimum atomic E-state index is -0.284. The lowest BCUT2D eigenvalue weighted by Crippen LogP contribution is -3.00. The molecule has 32 heavy (non-hydrogen) atoms. The highest BCUT2D eigenvalue weighted by molar-refractivity contribution is 6.32. The van der Waals surface area contributed by atoms with Gasteiger partial charge in [-0.3, -0.25) is 0 Å². The largest absolute Gasteiger partial charge is 1.00 e. The highest BCUT2D eigenvalue weighted by Gasteiger charge is 2.47. The molecule has 0 radical (unpaired) electrons. The van der Waals surface area contributed by atoms with Crippen molar-refractivity contribution in [1.82, 2.24) is 5.32 Å². The van der Waals surface area contributed by atoms with Gasteiger partial charge in [-0.15, -0.1) is 0 Å². The van der Waals surface area contributed by atoms with Gasteiger partial charge in [-0.25, -0.2) is 4.39 Å². The summed E-state index contributed by atoms with van der Waals surface area (Å²) in [4.78, 5) is 0. The van der Waals surface area contributed by atoms with E-state index in [1.165, 1.54) is 38.2 Å². The number of hydrogen-bond acceptors (Lipinski definition) is 3. The van der Waals surface area contributed by atoms with Gasteiger partial charge in [0.25, 0.3) is 0 Å². The second kappa shape index (κ2) is 10.2. The lowest BCUT2D eigenvalue weighted by Gasteiger charge is -2.54. The van der Waals surface area contributed by atoms with Gasteiger partial charge < -0.3 is 27.2 Å². The number of halogens is 3. The van der Waals surface area contributed by atoms with Crippen LogP contribution in [0.5, 0.6) is 11.5 Å². The van der Waals surface area contributed by atoms with Gasteiger partial charge in [0.05, 0.1) is 11.6 Å². The average molecular weight is 479 g/mol. The Balaban J connectivity index is 0.00000245. The first-order valence-electron chi connectivity index (χ1n) is 11.7. The van der Waals surface area contributed by atoms with Crippen LogP contribution in [0.2, 0.25) is 5.02 Å². The normalized spacial score (nSPS) is 27.8. The molecule has 4 aliphatic carbocycles. The number of ether oxygens (including phenoxy) is 2. The molecule has 174 valence electrons. The Morgan fingerprint density at radius 2 is 1.69 bits per heavy atom. The monoisotopic (exact) mass is 478 g/mol. The highest BCUT2D eigenvalue weighted by atomic mass is 35.5. The highest BCUT2D eigenvalue weighted by Crippen LogP contribution is 2.53. The van der Waals surface area contributed by atoms with E-state index >= 15 is 0 Å². The zero-order chi connectivity index (χ0) is 21.4. The predicted octanol–water partition coefficient (Wildman–Crippen LogP) is 3.38. The SMILES string of the molecule is CCOc1cc(CNC2C3CC4CC(C3)CC2C4)cc(Cl)c1OCc1ccccc1F.[Cl-]. The lowest BCUT2D eigenvalue weighted by molar-refractivity contribution is -0.0142. The minimum Gasteiger partial charge on any atom is -1.00 e. The first-order chi connectivity index (χ1) is 15.1. The van der Waals surface area contributed by atoms with E-state index in [2.05, 4.69) is 5.32 Å². The molecule has 4 saturated carbocycles. The van der Waals surface area contributed by atoms with Crippen LogP contribution < -0.4 is 27.2 Å². The topological polar surface area (TPSA) is 30.5 Å². The summed E-state index contributed by atoms with van der Waals surface area (Å²) in [5.74, 6) is 4.44. The van der Waals surface area contributed by atoms with Crippen molar-refractivity contribution in [1.29, 1.82) is 0 Å². The molecular formula is C26H31Cl2FNO2-. The van der Waals surface area contributed by atoms with Crippen LogP contribution >= 0.6 is 11.6 Å². The van der Waals surface area contributed by atoms with E-state index in [4.69, 9.17) is 21.1 Å². The molecule has 6 heteroatoms. The smallest absolute Gasteiger partial charge is 0.180 e. The van der Waals surface area contributed by atoms with Gasteiger partial charge in [0.1, 0.15) is 12.4 Å². The third-order valence-corrected chi connectivity index (χ3v) is 7.75. The summed E-state index contributed by atoms with van der Waals surface area (Å²) in [6.07, 6.45) is 7.08. The molecule has 0 spiro atoms. The minimum absolute atomic E-state index is 0. The molecule has 0 unspecified atom stereocenters. The van der Waals surface area contributed by atoms with Crippen molar-refractivity contribution in [3.05, 3.63) is 58.4 Å². The molecular weight excluding hydrogens is 448 g/mol. The van der Waals surface area contributed by atoms with Crippen LogP contribution in [0.1, 0.15) is 50.2 Å². The van der Waals surface area contributed by atoms with Gasteiger partial charge in [0.2, 0.25) is 0 Å². The number of hydrogen-bond donors (Lipinski definition) is 1. The third kappa shape index (κ3) is 4.88. The average Bonchev–Trinajstić information content (AvgIpc) is 2.73. The Morgan fingerprint density at radius 3 is 2.34 bits per heavy atom. The molecule has 4 bridgehead atoms. The molecule has 4 aliphatic rings. The predicted molar refractivity (Wildman–Crippen MR) is 121 cm³/mol. The summed E-state index contributed by atoms with van der Waals surface area (Å²) in [6, 6.07) is 11.2. The Morgan fingerprint density at radius 1 is 1.00 bits per heavy atom. The molecule has 6 rings (SSSR count). The number of benzene rings is 2. The first kappa shape index (κ1) is 23.7. The summed E-state index contributed by atoms with van der Waals surface area (Å²) in [5, 5.41) is 4.36. The van der Waals surface area contributed by atoms with Gasteiger partial charge >= 0.3 is 0 Å². The standard InChI is InChI=1S/C26H31ClFNO2.ClH/c1-2-30-24-13-18(12-22(27)26(24)31-15-19-5-3-4-6-23(19)28)14-29-25-20-8-16-7-17(10-20)11-21(25)9-16;/h3-6,12-13,16-17,20-21,25,29H,2,7-11,14-15H2,1H3;1H/p-1. The third-order valence-electron chi connectivity index (χ3n) is 7.47. The van der Waals surface area contributed by atoms with Crippen LogP contribution in [0.3, 0.4) is 0 Å². The molecule has 4 fully saturated rings. The fourth-order valence-electron chi connectivity index (χ4n) is 6.39. The maximum atomic E-state index is 14.0. The first-order valence-corrected chi connectivity index (χ1v) is 12.0. The van der Waals surface area contributed by atoms with E-state index in [1.807, 2.05) is 19.1 Å². The van der Waals surface area contributed by atoms with E-state index in [-0.39, 0.29) is 24.8 Å². The van der Waals surface area contributed by atoms with Crippen LogP contribution in [0, 0.1) is 29.5 Å². The summed E-state index contributed by atoms with van der Waals surface area (Å²) in [7, 11) is 0. The maximum Gasteiger partial charge on any atom is 0.180 e. The Labute approximate surface area is 201 Å². The van der Waals surface area contributed by atoms with Crippen LogP contribution in [0.4, 0.5) is 4.39 Å². The summed E-state index contributed by atoms with van der Waals surface area (Å²) in [6.45, 7) is 3.34. The van der Waals surface area contributed by atoms with Gasteiger partial charge in [-0.05, 0) is 86.5 Å². The molecule has 2 aromatic rings. The molecule has 2 aromatic carbocycles. The fourth-order valence-corrected chi connectivity index (χ4v) is 6.67. The molecule has 0 aliphatic heterocycles. The Bertz CT molecular complexity index is 910. The Kier molecular flexibility index (Phi) is 7.54. The molecule has 3 nitrogen and oxygen atoms in total. The fraction of sp³-hybridized carbons (Fsp3) is 0.538. The van der Waals surface area contributed by atoms with Crippen molar-refractivity contribution in [2.24, 2.45) is 23.7 Å². The van der Waals surface area contributed by atoms with Crippen molar-refractivity contribution in [3.63, 3.8) is 0 Å². The zero-order valence-electron chi connectivity index (χ0n) is 18.5. The van der Waals surface area contributed by atoms with E-state index < -0.39 is 0 Å². The summed E-state index contributed by atoms with van der Waals surface area (Å²) in [5.41, 5.74) is 1.59. The van der Waals surface area contributed by atoms with Gasteiger partial charge in [-0.1, -0.05) is 29.8 Å². The van der Waals surface area contributed by atoms with Crippen molar-refractivity contribution in [3.8, 4) is 11.5 Å². The molecule has 0 amide bonds. The molecule has 0 atom stereocenters. The summed E-state index contributed by atoms with van der Waals surface area (Å²) < 4.78 is 25.7. The van der Waals surface area contributed by atoms with Crippen molar-refractivity contribution in [2.75, 3.05) is 6.61 Å². The van der Waals surface area contributed by atoms with Gasteiger partial charge in [-0.2, -0.15) is 0 Å². The van der Waals surface area contributed by atoms with E-state index in [1.54, 1.807) is 18.2 Å². The molecule has 0 saturated heterocycles. The second-order valence-corrected chi connectivity index (χ2v) is 9.96. The van der Waals surface area contributed by atoms with E-state index in [9.17, 15) is 4.39 Å². The molecule has 1 N–H and O–H groups in total. The van der Waals surface area contributed by atoms with Gasteiger partial charge in [0, 0.05) is 18.2 Å². The number of nitrogens with one attached hydrogen (secondary N) is 1. The van der Waals surface area contributed by atoms with E-state index in [0.717, 1.165) is 35.8 Å². The lowest BCUT2D eigenvalue weighted by atomic mass is 9.54.